The zero-order chi connectivity index (χ0) is 14.9. The minimum absolute atomic E-state index is 0.0740. The van der Waals surface area contributed by atoms with Crippen molar-refractivity contribution in [1.29, 1.82) is 0 Å². The highest BCUT2D eigenvalue weighted by molar-refractivity contribution is 5.45. The third-order valence-electron chi connectivity index (χ3n) is 3.70. The van der Waals surface area contributed by atoms with Gasteiger partial charge in [0.1, 0.15) is 0 Å². The highest BCUT2D eigenvalue weighted by Gasteiger charge is 2.16. The summed E-state index contributed by atoms with van der Waals surface area (Å²) in [7, 11) is 0. The van der Waals surface area contributed by atoms with Gasteiger partial charge in [0.05, 0.1) is 11.0 Å². The van der Waals surface area contributed by atoms with Crippen LogP contribution < -0.4 is 5.73 Å². The Bertz CT molecular complexity index is 666. The Hall–Kier alpha value is -2.20. The van der Waals surface area contributed by atoms with Crippen LogP contribution in [-0.4, -0.2) is 4.92 Å². The van der Waals surface area contributed by atoms with Crippen molar-refractivity contribution in [3.05, 3.63) is 74.3 Å². The Kier molecular flexibility index (Phi) is 3.86. The molecular weight excluding hydrogens is 252 g/mol. The van der Waals surface area contributed by atoms with E-state index < -0.39 is 4.92 Å². The SMILES string of the molecule is Cc1ccc(C(N)c2cc([N+](=O)[O-])ccc2C)cc1C. The molecule has 20 heavy (non-hydrogen) atoms. The zero-order valence-corrected chi connectivity index (χ0v) is 11.9. The standard InChI is InChI=1S/C16H18N2O2/c1-10-4-6-13(8-12(10)3)16(17)15-9-14(18(19)20)7-5-11(15)2/h4-9,16H,17H2,1-3H3. The highest BCUT2D eigenvalue weighted by atomic mass is 16.6. The molecule has 0 aliphatic heterocycles. The average molecular weight is 270 g/mol. The number of non-ortho nitro benzene ring substituents is 1. The summed E-state index contributed by atoms with van der Waals surface area (Å²) >= 11 is 0. The molecule has 1 unspecified atom stereocenters. The lowest BCUT2D eigenvalue weighted by atomic mass is 9.93. The average Bonchev–Trinajstić information content (AvgIpc) is 2.41. The summed E-state index contributed by atoms with van der Waals surface area (Å²) < 4.78 is 0. The zero-order valence-electron chi connectivity index (χ0n) is 11.9. The van der Waals surface area contributed by atoms with Crippen LogP contribution in [0.2, 0.25) is 0 Å². The van der Waals surface area contributed by atoms with Crippen LogP contribution in [0.1, 0.15) is 33.9 Å². The first-order valence-corrected chi connectivity index (χ1v) is 6.48. The van der Waals surface area contributed by atoms with Gasteiger partial charge in [0, 0.05) is 12.1 Å². The Morgan fingerprint density at radius 3 is 2.25 bits per heavy atom. The van der Waals surface area contributed by atoms with Crippen LogP contribution in [0.5, 0.6) is 0 Å². The van der Waals surface area contributed by atoms with Crippen LogP contribution >= 0.6 is 0 Å². The van der Waals surface area contributed by atoms with Crippen molar-refractivity contribution in [1.82, 2.24) is 0 Å². The lowest BCUT2D eigenvalue weighted by Gasteiger charge is -2.16. The van der Waals surface area contributed by atoms with Gasteiger partial charge in [-0.25, -0.2) is 0 Å². The molecule has 0 amide bonds. The molecule has 4 heteroatoms. The van der Waals surface area contributed by atoms with Gasteiger partial charge in [-0.3, -0.25) is 10.1 Å². The van der Waals surface area contributed by atoms with Crippen LogP contribution in [0.4, 0.5) is 5.69 Å². The summed E-state index contributed by atoms with van der Waals surface area (Å²) in [6.45, 7) is 6.00. The smallest absolute Gasteiger partial charge is 0.269 e. The van der Waals surface area contributed by atoms with E-state index in [0.29, 0.717) is 0 Å². The van der Waals surface area contributed by atoms with Crippen molar-refractivity contribution >= 4 is 5.69 Å². The molecule has 0 fully saturated rings. The van der Waals surface area contributed by atoms with Crippen LogP contribution in [0, 0.1) is 30.9 Å². The van der Waals surface area contributed by atoms with E-state index in [9.17, 15) is 10.1 Å². The first-order valence-electron chi connectivity index (χ1n) is 6.48. The lowest BCUT2D eigenvalue weighted by molar-refractivity contribution is -0.384. The van der Waals surface area contributed by atoms with Crippen molar-refractivity contribution in [3.8, 4) is 0 Å². The van der Waals surface area contributed by atoms with E-state index in [4.69, 9.17) is 5.73 Å². The van der Waals surface area contributed by atoms with Crippen LogP contribution in [-0.2, 0) is 0 Å². The van der Waals surface area contributed by atoms with Gasteiger partial charge >= 0.3 is 0 Å². The van der Waals surface area contributed by atoms with Crippen LogP contribution in [0.15, 0.2) is 36.4 Å². The number of nitro benzene ring substituents is 1. The molecule has 104 valence electrons. The van der Waals surface area contributed by atoms with Gasteiger partial charge in [0.15, 0.2) is 0 Å². The molecule has 0 heterocycles. The number of hydrogen-bond donors (Lipinski definition) is 1. The fraction of sp³-hybridized carbons (Fsp3) is 0.250. The molecule has 0 radical (unpaired) electrons. The van der Waals surface area contributed by atoms with Crippen molar-refractivity contribution in [3.63, 3.8) is 0 Å². The van der Waals surface area contributed by atoms with Gasteiger partial charge < -0.3 is 5.73 Å². The largest absolute Gasteiger partial charge is 0.320 e. The number of nitrogens with zero attached hydrogens (tertiary/aromatic N) is 1. The minimum atomic E-state index is -0.393. The molecule has 2 aromatic rings. The van der Waals surface area contributed by atoms with Crippen molar-refractivity contribution in [2.45, 2.75) is 26.8 Å². The van der Waals surface area contributed by atoms with E-state index in [-0.39, 0.29) is 11.7 Å². The molecule has 0 saturated carbocycles. The summed E-state index contributed by atoms with van der Waals surface area (Å²) in [4.78, 5) is 10.5. The van der Waals surface area contributed by atoms with Crippen molar-refractivity contribution < 1.29 is 4.92 Å². The third kappa shape index (κ3) is 2.70. The van der Waals surface area contributed by atoms with E-state index in [2.05, 4.69) is 0 Å². The predicted molar refractivity (Wildman–Crippen MR) is 79.8 cm³/mol. The second kappa shape index (κ2) is 5.43. The normalized spacial score (nSPS) is 12.2. The van der Waals surface area contributed by atoms with E-state index in [1.54, 1.807) is 12.1 Å². The predicted octanol–water partition coefficient (Wildman–Crippen LogP) is 3.57. The van der Waals surface area contributed by atoms with Gasteiger partial charge in [-0.05, 0) is 48.6 Å². The number of nitrogens with two attached hydrogens (primary N) is 1. The molecule has 0 bridgehead atoms. The van der Waals surface area contributed by atoms with E-state index >= 15 is 0 Å². The van der Waals surface area contributed by atoms with Crippen LogP contribution in [0.3, 0.4) is 0 Å². The molecule has 2 rings (SSSR count). The Balaban J connectivity index is 2.46. The van der Waals surface area contributed by atoms with Crippen molar-refractivity contribution in [2.24, 2.45) is 5.73 Å². The molecule has 2 N–H and O–H groups in total. The summed E-state index contributed by atoms with van der Waals surface area (Å²) in [5, 5.41) is 10.9. The van der Waals surface area contributed by atoms with E-state index in [1.165, 1.54) is 17.2 Å². The third-order valence-corrected chi connectivity index (χ3v) is 3.70. The Morgan fingerprint density at radius 2 is 1.65 bits per heavy atom. The summed E-state index contributed by atoms with van der Waals surface area (Å²) in [6.07, 6.45) is 0. The number of aryl methyl sites for hydroxylation is 3. The summed E-state index contributed by atoms with van der Waals surface area (Å²) in [5.74, 6) is 0. The van der Waals surface area contributed by atoms with Gasteiger partial charge in [0.2, 0.25) is 0 Å². The highest BCUT2D eigenvalue weighted by Crippen LogP contribution is 2.27. The van der Waals surface area contributed by atoms with Gasteiger partial charge in [-0.1, -0.05) is 24.3 Å². The molecular formula is C16H18N2O2. The molecule has 2 aromatic carbocycles. The number of nitro groups is 1. The topological polar surface area (TPSA) is 69.2 Å². The maximum Gasteiger partial charge on any atom is 0.269 e. The first-order chi connectivity index (χ1) is 9.40. The minimum Gasteiger partial charge on any atom is -0.320 e. The molecule has 0 saturated heterocycles. The Labute approximate surface area is 118 Å². The molecule has 1 atom stereocenters. The monoisotopic (exact) mass is 270 g/mol. The van der Waals surface area contributed by atoms with Gasteiger partial charge in [-0.2, -0.15) is 0 Å². The molecule has 4 nitrogen and oxygen atoms in total. The van der Waals surface area contributed by atoms with Crippen molar-refractivity contribution in [2.75, 3.05) is 0 Å². The molecule has 0 aliphatic carbocycles. The van der Waals surface area contributed by atoms with E-state index in [0.717, 1.165) is 16.7 Å². The molecule has 0 aliphatic rings. The molecule has 0 aromatic heterocycles. The first kappa shape index (κ1) is 14.2. The number of benzene rings is 2. The fourth-order valence-corrected chi connectivity index (χ4v) is 2.21. The number of hydrogen-bond acceptors (Lipinski definition) is 3. The Morgan fingerprint density at radius 1 is 1.00 bits per heavy atom. The van der Waals surface area contributed by atoms with Crippen LogP contribution in [0.25, 0.3) is 0 Å². The summed E-state index contributed by atoms with van der Waals surface area (Å²) in [6, 6.07) is 10.5. The van der Waals surface area contributed by atoms with Gasteiger partial charge in [-0.15, -0.1) is 0 Å². The lowest BCUT2D eigenvalue weighted by Crippen LogP contribution is -2.14. The van der Waals surface area contributed by atoms with Gasteiger partial charge in [0.25, 0.3) is 5.69 Å². The van der Waals surface area contributed by atoms with E-state index in [1.807, 2.05) is 39.0 Å². The quantitative estimate of drug-likeness (QED) is 0.684. The molecule has 0 spiro atoms. The second-order valence-corrected chi connectivity index (χ2v) is 5.12. The number of rotatable bonds is 3. The maximum atomic E-state index is 10.9. The second-order valence-electron chi connectivity index (χ2n) is 5.12. The maximum absolute atomic E-state index is 10.9. The summed E-state index contributed by atoms with van der Waals surface area (Å²) in [5.41, 5.74) is 11.5. The fourth-order valence-electron chi connectivity index (χ4n) is 2.21.